The van der Waals surface area contributed by atoms with Crippen LogP contribution < -0.4 is 15.0 Å². The number of thioether (sulfide) groups is 1. The Bertz CT molecular complexity index is 952. The molecule has 7 nitrogen and oxygen atoms in total. The van der Waals surface area contributed by atoms with Crippen molar-refractivity contribution in [1.29, 1.82) is 0 Å². The molecule has 0 unspecified atom stereocenters. The van der Waals surface area contributed by atoms with Gasteiger partial charge in [-0.25, -0.2) is 0 Å². The number of carbonyl (C=O) groups is 1. The summed E-state index contributed by atoms with van der Waals surface area (Å²) in [5.74, 6) is 1.71. The molecule has 0 aliphatic heterocycles. The van der Waals surface area contributed by atoms with E-state index in [1.165, 1.54) is 11.8 Å². The molecular weight excluding hydrogens is 386 g/mol. The van der Waals surface area contributed by atoms with Gasteiger partial charge >= 0.3 is 0 Å². The van der Waals surface area contributed by atoms with Crippen molar-refractivity contribution in [1.82, 2.24) is 14.8 Å². The number of rotatable bonds is 8. The highest BCUT2D eigenvalue weighted by Crippen LogP contribution is 2.26. The first-order valence-corrected chi connectivity index (χ1v) is 10.3. The van der Waals surface area contributed by atoms with Crippen LogP contribution in [0.25, 0.3) is 11.4 Å². The molecule has 0 spiro atoms. The average molecular weight is 412 g/mol. The van der Waals surface area contributed by atoms with Gasteiger partial charge in [0, 0.05) is 37.6 Å². The first-order valence-electron chi connectivity index (χ1n) is 9.29. The van der Waals surface area contributed by atoms with Crippen LogP contribution in [0.3, 0.4) is 0 Å². The van der Waals surface area contributed by atoms with Gasteiger partial charge in [-0.15, -0.1) is 10.2 Å². The van der Waals surface area contributed by atoms with Crippen LogP contribution in [0.15, 0.2) is 53.7 Å². The topological polar surface area (TPSA) is 72.3 Å². The Hall–Kier alpha value is -3.00. The minimum Gasteiger partial charge on any atom is -0.497 e. The zero-order valence-electron chi connectivity index (χ0n) is 17.0. The van der Waals surface area contributed by atoms with Crippen LogP contribution >= 0.6 is 11.8 Å². The molecule has 29 heavy (non-hydrogen) atoms. The Morgan fingerprint density at radius 3 is 2.38 bits per heavy atom. The van der Waals surface area contributed by atoms with Gasteiger partial charge in [0.2, 0.25) is 5.91 Å². The van der Waals surface area contributed by atoms with Gasteiger partial charge in [0.15, 0.2) is 11.0 Å². The number of hydrogen-bond donors (Lipinski definition) is 1. The zero-order chi connectivity index (χ0) is 20.8. The van der Waals surface area contributed by atoms with Crippen LogP contribution in [0.2, 0.25) is 0 Å². The maximum atomic E-state index is 12.3. The standard InChI is InChI=1S/C21H25N5O2S/c1-5-26-20(15-6-10-17(11-7-15)25(2)3)23-24-21(26)29-14-19(27)22-16-8-12-18(28-4)13-9-16/h6-13H,5,14H2,1-4H3,(H,22,27). The summed E-state index contributed by atoms with van der Waals surface area (Å²) in [4.78, 5) is 14.3. The van der Waals surface area contributed by atoms with Gasteiger partial charge in [0.25, 0.3) is 0 Å². The Morgan fingerprint density at radius 2 is 1.79 bits per heavy atom. The summed E-state index contributed by atoms with van der Waals surface area (Å²) in [5.41, 5.74) is 2.86. The lowest BCUT2D eigenvalue weighted by atomic mass is 10.2. The van der Waals surface area contributed by atoms with Crippen molar-refractivity contribution in [3.05, 3.63) is 48.5 Å². The molecule has 2 aromatic carbocycles. The molecule has 0 atom stereocenters. The molecule has 1 amide bonds. The third kappa shape index (κ3) is 5.08. The van der Waals surface area contributed by atoms with Gasteiger partial charge in [0.05, 0.1) is 12.9 Å². The van der Waals surface area contributed by atoms with E-state index in [1.807, 2.05) is 62.0 Å². The van der Waals surface area contributed by atoms with E-state index in [-0.39, 0.29) is 11.7 Å². The molecule has 8 heteroatoms. The highest BCUT2D eigenvalue weighted by atomic mass is 32.2. The van der Waals surface area contributed by atoms with Crippen molar-refractivity contribution in [2.75, 3.05) is 37.2 Å². The number of carbonyl (C=O) groups excluding carboxylic acids is 1. The summed E-state index contributed by atoms with van der Waals surface area (Å²) in [5, 5.41) is 12.2. The van der Waals surface area contributed by atoms with Gasteiger partial charge in [-0.1, -0.05) is 11.8 Å². The maximum Gasteiger partial charge on any atom is 0.234 e. The SMILES string of the molecule is CCn1c(SCC(=O)Nc2ccc(OC)cc2)nnc1-c1ccc(N(C)C)cc1. The molecule has 0 saturated carbocycles. The summed E-state index contributed by atoms with van der Waals surface area (Å²) in [6, 6.07) is 15.4. The Balaban J connectivity index is 1.65. The van der Waals surface area contributed by atoms with Crippen LogP contribution in [0, 0.1) is 0 Å². The van der Waals surface area contributed by atoms with E-state index in [4.69, 9.17) is 4.74 Å². The Morgan fingerprint density at radius 1 is 1.10 bits per heavy atom. The van der Waals surface area contributed by atoms with E-state index in [0.717, 1.165) is 40.2 Å². The summed E-state index contributed by atoms with van der Waals surface area (Å²) >= 11 is 1.37. The molecule has 0 bridgehead atoms. The van der Waals surface area contributed by atoms with E-state index in [9.17, 15) is 4.79 Å². The number of methoxy groups -OCH3 is 1. The predicted octanol–water partition coefficient (Wildman–Crippen LogP) is 3.77. The maximum absolute atomic E-state index is 12.3. The van der Waals surface area contributed by atoms with E-state index < -0.39 is 0 Å². The average Bonchev–Trinajstić information content (AvgIpc) is 3.15. The smallest absolute Gasteiger partial charge is 0.234 e. The molecule has 0 aliphatic rings. The first-order chi connectivity index (χ1) is 14.0. The minimum absolute atomic E-state index is 0.0947. The monoisotopic (exact) mass is 411 g/mol. The molecule has 1 heterocycles. The number of amides is 1. The van der Waals surface area contributed by atoms with Crippen LogP contribution in [0.4, 0.5) is 11.4 Å². The van der Waals surface area contributed by atoms with E-state index >= 15 is 0 Å². The highest BCUT2D eigenvalue weighted by molar-refractivity contribution is 7.99. The molecule has 0 radical (unpaired) electrons. The van der Waals surface area contributed by atoms with E-state index in [1.54, 1.807) is 7.11 Å². The predicted molar refractivity (Wildman–Crippen MR) is 118 cm³/mol. The molecule has 3 aromatic rings. The van der Waals surface area contributed by atoms with Crippen LogP contribution in [-0.4, -0.2) is 47.6 Å². The third-order valence-electron chi connectivity index (χ3n) is 4.38. The largest absolute Gasteiger partial charge is 0.497 e. The van der Waals surface area contributed by atoms with Gasteiger partial charge in [-0.3, -0.25) is 4.79 Å². The Labute approximate surface area is 175 Å². The first kappa shape index (κ1) is 20.7. The second-order valence-electron chi connectivity index (χ2n) is 6.56. The quantitative estimate of drug-likeness (QED) is 0.569. The molecule has 1 aromatic heterocycles. The fourth-order valence-electron chi connectivity index (χ4n) is 2.80. The summed E-state index contributed by atoms with van der Waals surface area (Å²) < 4.78 is 7.15. The van der Waals surface area contributed by atoms with Crippen molar-refractivity contribution in [3.8, 4) is 17.1 Å². The number of hydrogen-bond acceptors (Lipinski definition) is 6. The zero-order valence-corrected chi connectivity index (χ0v) is 17.9. The molecule has 1 N–H and O–H groups in total. The van der Waals surface area contributed by atoms with Crippen LogP contribution in [-0.2, 0) is 11.3 Å². The van der Waals surface area contributed by atoms with Gasteiger partial charge < -0.3 is 19.5 Å². The molecule has 152 valence electrons. The van der Waals surface area contributed by atoms with Crippen molar-refractivity contribution < 1.29 is 9.53 Å². The fraction of sp³-hybridized carbons (Fsp3) is 0.286. The molecule has 0 fully saturated rings. The van der Waals surface area contributed by atoms with Crippen molar-refractivity contribution in [2.24, 2.45) is 0 Å². The number of anilines is 2. The number of aromatic nitrogens is 3. The lowest BCUT2D eigenvalue weighted by molar-refractivity contribution is -0.113. The van der Waals surface area contributed by atoms with Gasteiger partial charge in [0.1, 0.15) is 5.75 Å². The lowest BCUT2D eigenvalue weighted by Gasteiger charge is -2.13. The van der Waals surface area contributed by atoms with Gasteiger partial charge in [-0.2, -0.15) is 0 Å². The summed E-state index contributed by atoms with van der Waals surface area (Å²) in [6.45, 7) is 2.77. The Kier molecular flexibility index (Phi) is 6.77. The number of benzene rings is 2. The van der Waals surface area contributed by atoms with Crippen molar-refractivity contribution >= 4 is 29.0 Å². The lowest BCUT2D eigenvalue weighted by Crippen LogP contribution is -2.14. The molecule has 0 aliphatic carbocycles. The summed E-state index contributed by atoms with van der Waals surface area (Å²) in [6.07, 6.45) is 0. The van der Waals surface area contributed by atoms with Crippen LogP contribution in [0.1, 0.15) is 6.92 Å². The van der Waals surface area contributed by atoms with E-state index in [0.29, 0.717) is 0 Å². The number of nitrogens with zero attached hydrogens (tertiary/aromatic N) is 4. The van der Waals surface area contributed by atoms with E-state index in [2.05, 4.69) is 32.5 Å². The normalized spacial score (nSPS) is 10.6. The second-order valence-corrected chi connectivity index (χ2v) is 7.50. The van der Waals surface area contributed by atoms with Crippen molar-refractivity contribution in [2.45, 2.75) is 18.6 Å². The minimum atomic E-state index is -0.0947. The van der Waals surface area contributed by atoms with Gasteiger partial charge in [-0.05, 0) is 55.5 Å². The molecule has 3 rings (SSSR count). The fourth-order valence-corrected chi connectivity index (χ4v) is 3.61. The second kappa shape index (κ2) is 9.47. The number of nitrogens with one attached hydrogen (secondary N) is 1. The van der Waals surface area contributed by atoms with Crippen LogP contribution in [0.5, 0.6) is 5.75 Å². The highest BCUT2D eigenvalue weighted by Gasteiger charge is 2.15. The summed E-state index contributed by atoms with van der Waals surface area (Å²) in [7, 11) is 5.63. The third-order valence-corrected chi connectivity index (χ3v) is 5.35. The van der Waals surface area contributed by atoms with Crippen molar-refractivity contribution in [3.63, 3.8) is 0 Å². The molecular formula is C21H25N5O2S. The molecule has 0 saturated heterocycles. The number of ether oxygens (including phenoxy) is 1.